The molecule has 1 amide bonds. The first-order valence-corrected chi connectivity index (χ1v) is 12.3. The van der Waals surface area contributed by atoms with Crippen molar-refractivity contribution in [1.29, 1.82) is 0 Å². The molecule has 2 rings (SSSR count). The minimum absolute atomic E-state index is 0.0142. The van der Waals surface area contributed by atoms with E-state index in [4.69, 9.17) is 4.74 Å². The number of aryl methyl sites for hydroxylation is 2. The van der Waals surface area contributed by atoms with E-state index in [1.54, 1.807) is 4.90 Å². The lowest BCUT2D eigenvalue weighted by molar-refractivity contribution is -0.152. The molecule has 0 aromatic heterocycles. The van der Waals surface area contributed by atoms with E-state index in [0.29, 0.717) is 12.8 Å². The highest BCUT2D eigenvalue weighted by molar-refractivity contribution is 8.00. The summed E-state index contributed by atoms with van der Waals surface area (Å²) in [4.78, 5) is 27.3. The molecular weight excluding hydrogens is 398 g/mol. The Morgan fingerprint density at radius 2 is 2.00 bits per heavy atom. The zero-order chi connectivity index (χ0) is 20.9. The molecule has 28 heavy (non-hydrogen) atoms. The fourth-order valence-corrected chi connectivity index (χ4v) is 5.71. The highest BCUT2D eigenvalue weighted by Crippen LogP contribution is 2.23. The average molecular weight is 428 g/mol. The van der Waals surface area contributed by atoms with Crippen LogP contribution in [0.25, 0.3) is 0 Å². The molecule has 1 aliphatic rings. The smallest absolute Gasteiger partial charge is 0.316 e. The molecule has 1 aromatic rings. The summed E-state index contributed by atoms with van der Waals surface area (Å²) in [6.07, 6.45) is 1.15. The third-order valence-corrected chi connectivity index (χ3v) is 7.86. The van der Waals surface area contributed by atoms with Crippen molar-refractivity contribution in [3.05, 3.63) is 29.3 Å². The van der Waals surface area contributed by atoms with Crippen molar-refractivity contribution in [3.8, 4) is 0 Å². The van der Waals surface area contributed by atoms with Crippen LogP contribution in [0.15, 0.2) is 23.1 Å². The third kappa shape index (κ3) is 6.24. The number of rotatable bonds is 8. The lowest BCUT2D eigenvalue weighted by atomic mass is 10.1. The quantitative estimate of drug-likeness (QED) is 0.469. The minimum Gasteiger partial charge on any atom is -0.455 e. The Kier molecular flexibility index (Phi) is 7.95. The topological polar surface area (TPSA) is 80.8 Å². The van der Waals surface area contributed by atoms with Gasteiger partial charge in [-0.25, -0.2) is 8.42 Å². The summed E-state index contributed by atoms with van der Waals surface area (Å²) in [7, 11) is -3.10. The molecule has 1 aliphatic heterocycles. The van der Waals surface area contributed by atoms with Gasteiger partial charge in [0.15, 0.2) is 16.4 Å². The van der Waals surface area contributed by atoms with E-state index in [0.717, 1.165) is 10.5 Å². The van der Waals surface area contributed by atoms with Crippen LogP contribution in [0, 0.1) is 13.8 Å². The van der Waals surface area contributed by atoms with E-state index in [-0.39, 0.29) is 41.9 Å². The zero-order valence-corrected chi connectivity index (χ0v) is 18.6. The number of esters is 1. The van der Waals surface area contributed by atoms with Crippen molar-refractivity contribution < 1.29 is 22.7 Å². The van der Waals surface area contributed by atoms with Gasteiger partial charge < -0.3 is 9.64 Å². The van der Waals surface area contributed by atoms with Crippen LogP contribution in [0.3, 0.4) is 0 Å². The molecule has 156 valence electrons. The van der Waals surface area contributed by atoms with Gasteiger partial charge in [-0.2, -0.15) is 0 Å². The zero-order valence-electron chi connectivity index (χ0n) is 16.9. The maximum absolute atomic E-state index is 12.6. The fraction of sp³-hybridized carbons (Fsp3) is 0.600. The number of benzene rings is 1. The standard InChI is InChI=1S/C20H29NO5S2/c1-5-16(4)21(17-8-9-28(24,25)13-17)19(22)11-26-20(23)12-27-18-7-6-14(2)15(3)10-18/h6-7,10,16-17H,5,8-9,11-13H2,1-4H3/t16-,17-/m0/s1. The molecule has 0 saturated carbocycles. The van der Waals surface area contributed by atoms with E-state index in [9.17, 15) is 18.0 Å². The van der Waals surface area contributed by atoms with Crippen LogP contribution in [0.5, 0.6) is 0 Å². The van der Waals surface area contributed by atoms with Crippen molar-refractivity contribution in [2.75, 3.05) is 23.9 Å². The second-order valence-electron chi connectivity index (χ2n) is 7.31. The monoisotopic (exact) mass is 427 g/mol. The molecule has 0 bridgehead atoms. The lowest BCUT2D eigenvalue weighted by Gasteiger charge is -2.33. The number of hydrogen-bond acceptors (Lipinski definition) is 6. The molecular formula is C20H29NO5S2. The van der Waals surface area contributed by atoms with Crippen molar-refractivity contribution in [3.63, 3.8) is 0 Å². The summed E-state index contributed by atoms with van der Waals surface area (Å²) in [6.45, 7) is 7.53. The summed E-state index contributed by atoms with van der Waals surface area (Å²) in [5, 5.41) is 0. The van der Waals surface area contributed by atoms with Crippen LogP contribution in [-0.2, 0) is 24.2 Å². The number of hydrogen-bond donors (Lipinski definition) is 0. The van der Waals surface area contributed by atoms with Gasteiger partial charge >= 0.3 is 5.97 Å². The van der Waals surface area contributed by atoms with Gasteiger partial charge in [0.2, 0.25) is 0 Å². The third-order valence-electron chi connectivity index (χ3n) is 5.15. The summed E-state index contributed by atoms with van der Waals surface area (Å²) < 4.78 is 28.7. The number of ether oxygens (including phenoxy) is 1. The second kappa shape index (κ2) is 9.78. The Hall–Kier alpha value is -1.54. The average Bonchev–Trinajstić information content (AvgIpc) is 3.00. The lowest BCUT2D eigenvalue weighted by Crippen LogP contribution is -2.48. The number of thioether (sulfide) groups is 1. The summed E-state index contributed by atoms with van der Waals surface area (Å²) >= 11 is 1.37. The molecule has 0 spiro atoms. The van der Waals surface area contributed by atoms with Crippen molar-refractivity contribution >= 4 is 33.5 Å². The van der Waals surface area contributed by atoms with Gasteiger partial charge in [0.05, 0.1) is 17.3 Å². The first-order chi connectivity index (χ1) is 13.1. The van der Waals surface area contributed by atoms with Gasteiger partial charge in [0, 0.05) is 17.0 Å². The second-order valence-corrected chi connectivity index (χ2v) is 10.6. The Balaban J connectivity index is 1.88. The molecule has 1 fully saturated rings. The molecule has 0 aliphatic carbocycles. The number of amides is 1. The van der Waals surface area contributed by atoms with Gasteiger partial charge in [0.25, 0.3) is 5.91 Å². The van der Waals surface area contributed by atoms with Gasteiger partial charge in [-0.1, -0.05) is 13.0 Å². The minimum atomic E-state index is -3.10. The number of carbonyl (C=O) groups excluding carboxylic acids is 2. The maximum Gasteiger partial charge on any atom is 0.316 e. The highest BCUT2D eigenvalue weighted by atomic mass is 32.2. The van der Waals surface area contributed by atoms with Gasteiger partial charge in [-0.3, -0.25) is 9.59 Å². The maximum atomic E-state index is 12.6. The van der Waals surface area contributed by atoms with Crippen LogP contribution < -0.4 is 0 Å². The highest BCUT2D eigenvalue weighted by Gasteiger charge is 2.36. The van der Waals surface area contributed by atoms with Crippen molar-refractivity contribution in [2.45, 2.75) is 57.5 Å². The molecule has 8 heteroatoms. The van der Waals surface area contributed by atoms with Gasteiger partial charge in [-0.15, -0.1) is 11.8 Å². The molecule has 2 atom stereocenters. The summed E-state index contributed by atoms with van der Waals surface area (Å²) in [6, 6.07) is 5.54. The Morgan fingerprint density at radius 3 is 2.57 bits per heavy atom. The van der Waals surface area contributed by atoms with Crippen LogP contribution in [0.4, 0.5) is 0 Å². The van der Waals surface area contributed by atoms with E-state index in [1.165, 1.54) is 17.3 Å². The van der Waals surface area contributed by atoms with Crippen molar-refractivity contribution in [1.82, 2.24) is 4.90 Å². The summed E-state index contributed by atoms with van der Waals surface area (Å²) in [5.41, 5.74) is 2.35. The molecule has 6 nitrogen and oxygen atoms in total. The molecule has 1 heterocycles. The predicted molar refractivity (Wildman–Crippen MR) is 111 cm³/mol. The Morgan fingerprint density at radius 1 is 1.29 bits per heavy atom. The van der Waals surface area contributed by atoms with Gasteiger partial charge in [-0.05, 0) is 56.9 Å². The van der Waals surface area contributed by atoms with Crippen LogP contribution >= 0.6 is 11.8 Å². The number of sulfone groups is 1. The molecule has 1 saturated heterocycles. The Bertz CT molecular complexity index is 822. The Labute approximate surface area is 171 Å². The van der Waals surface area contributed by atoms with Crippen LogP contribution in [0.1, 0.15) is 37.8 Å². The van der Waals surface area contributed by atoms with Gasteiger partial charge in [0.1, 0.15) is 0 Å². The summed E-state index contributed by atoms with van der Waals surface area (Å²) in [5.74, 6) is -0.582. The van der Waals surface area contributed by atoms with Crippen LogP contribution in [0.2, 0.25) is 0 Å². The van der Waals surface area contributed by atoms with E-state index in [1.807, 2.05) is 45.9 Å². The fourth-order valence-electron chi connectivity index (χ4n) is 3.21. The first kappa shape index (κ1) is 22.7. The largest absolute Gasteiger partial charge is 0.455 e. The number of nitrogens with zero attached hydrogens (tertiary/aromatic N) is 1. The van der Waals surface area contributed by atoms with E-state index in [2.05, 4.69) is 0 Å². The van der Waals surface area contributed by atoms with Crippen molar-refractivity contribution in [2.24, 2.45) is 0 Å². The first-order valence-electron chi connectivity index (χ1n) is 9.50. The van der Waals surface area contributed by atoms with E-state index < -0.39 is 15.8 Å². The SMILES string of the molecule is CC[C@H](C)N(C(=O)COC(=O)CSc1ccc(C)c(C)c1)[C@H]1CCS(=O)(=O)C1. The molecule has 0 radical (unpaired) electrons. The molecule has 0 unspecified atom stereocenters. The van der Waals surface area contributed by atoms with E-state index >= 15 is 0 Å². The predicted octanol–water partition coefficient (Wildman–Crippen LogP) is 2.75. The number of carbonyl (C=O) groups is 2. The normalized spacial score (nSPS) is 19.2. The molecule has 0 N–H and O–H groups in total. The van der Waals surface area contributed by atoms with Crippen LogP contribution in [-0.4, -0.2) is 61.1 Å². The molecule has 1 aromatic carbocycles.